The summed E-state index contributed by atoms with van der Waals surface area (Å²) >= 11 is 0. The topological polar surface area (TPSA) is 189 Å². The molecule has 16 aliphatic rings. The Hall–Kier alpha value is -7.53. The van der Waals surface area contributed by atoms with Gasteiger partial charge >= 0.3 is 0 Å². The summed E-state index contributed by atoms with van der Waals surface area (Å²) in [6, 6.07) is 17.0. The molecule has 22 rings (SSSR count). The van der Waals surface area contributed by atoms with Crippen LogP contribution in [0.25, 0.3) is 44.1 Å². The van der Waals surface area contributed by atoms with Gasteiger partial charge in [0.15, 0.2) is 23.1 Å². The summed E-state index contributed by atoms with van der Waals surface area (Å²) in [4.78, 5) is 80.6. The number of nitrogens with zero attached hydrogens (tertiary/aromatic N) is 9. The van der Waals surface area contributed by atoms with Crippen molar-refractivity contribution in [1.82, 2.24) is 39.7 Å². The minimum Gasteiger partial charge on any atom is -0.396 e. The summed E-state index contributed by atoms with van der Waals surface area (Å²) < 4.78 is 3.95. The van der Waals surface area contributed by atoms with E-state index in [0.29, 0.717) is 66.1 Å². The van der Waals surface area contributed by atoms with Crippen LogP contribution in [0, 0.1) is 69.5 Å². The Kier molecular flexibility index (Phi) is 23.1. The summed E-state index contributed by atoms with van der Waals surface area (Å²) in [6.07, 6.45) is 45.1. The number of benzene rings is 2. The molecule has 12 saturated carbocycles. The molecule has 16 heteroatoms. The van der Waals surface area contributed by atoms with Gasteiger partial charge in [-0.05, 0) is 355 Å². The van der Waals surface area contributed by atoms with Gasteiger partial charge in [0.05, 0.1) is 23.4 Å². The molecule has 16 nitrogen and oxygen atoms in total. The van der Waals surface area contributed by atoms with Gasteiger partial charge in [-0.3, -0.25) is 33.4 Å². The van der Waals surface area contributed by atoms with Crippen molar-refractivity contribution in [3.05, 3.63) is 130 Å². The van der Waals surface area contributed by atoms with Crippen LogP contribution in [0.2, 0.25) is 0 Å². The maximum Gasteiger partial charge on any atom is 0.163 e. The van der Waals surface area contributed by atoms with Crippen molar-refractivity contribution in [2.45, 2.75) is 241 Å². The van der Waals surface area contributed by atoms with Gasteiger partial charge < -0.3 is 25.0 Å². The largest absolute Gasteiger partial charge is 0.396 e. The van der Waals surface area contributed by atoms with E-state index in [4.69, 9.17) is 15.1 Å². The highest BCUT2D eigenvalue weighted by Crippen LogP contribution is 2.64. The molecule has 6 aromatic rings. The van der Waals surface area contributed by atoms with Crippen LogP contribution in [0.5, 0.6) is 0 Å². The van der Waals surface area contributed by atoms with E-state index in [1.54, 1.807) is 6.20 Å². The van der Waals surface area contributed by atoms with Crippen LogP contribution in [0.1, 0.15) is 262 Å². The summed E-state index contributed by atoms with van der Waals surface area (Å²) in [5.41, 5.74) is 14.5. The number of ketones is 4. The minimum absolute atomic E-state index is 0.0277. The normalized spacial score (nSPS) is 29.6. The van der Waals surface area contributed by atoms with Crippen molar-refractivity contribution >= 4 is 62.9 Å². The van der Waals surface area contributed by atoms with E-state index in [1.807, 2.05) is 67.8 Å². The Bertz CT molecular complexity index is 4520. The molecule has 112 heavy (non-hydrogen) atoms. The number of rotatable bonds is 21. The second kappa shape index (κ2) is 33.0. The highest BCUT2D eigenvalue weighted by Gasteiger charge is 2.53. The minimum atomic E-state index is 0.0277. The zero-order valence-electron chi connectivity index (χ0n) is 68.7. The van der Waals surface area contributed by atoms with Gasteiger partial charge in [-0.15, -0.1) is 0 Å². The number of fused-ring (bicyclic) bond motifs is 2. The maximum atomic E-state index is 13.8. The molecule has 0 atom stereocenters. The lowest BCUT2D eigenvalue weighted by Crippen LogP contribution is -2.50. The average molecular weight is 1520 g/mol. The number of hydrogen-bond donors (Lipinski definition) is 2. The molecule has 14 aliphatic carbocycles. The number of carbonyl (C=O) groups excluding carboxylic acids is 5. The zero-order valence-corrected chi connectivity index (χ0v) is 68.7. The van der Waals surface area contributed by atoms with Gasteiger partial charge in [0, 0.05) is 149 Å². The van der Waals surface area contributed by atoms with E-state index >= 15 is 0 Å². The summed E-state index contributed by atoms with van der Waals surface area (Å²) in [5.74, 6) is 11.5. The van der Waals surface area contributed by atoms with Crippen LogP contribution in [0.15, 0.2) is 119 Å². The van der Waals surface area contributed by atoms with E-state index in [9.17, 15) is 24.0 Å². The number of aldehydes is 1. The number of aliphatic hydroxyl groups is 1. The monoisotopic (exact) mass is 1510 g/mol. The van der Waals surface area contributed by atoms with Crippen LogP contribution in [0.4, 0.5) is 11.6 Å². The Balaban J connectivity index is 0.000000130. The number of piperazine rings is 2. The smallest absolute Gasteiger partial charge is 0.163 e. The van der Waals surface area contributed by atoms with Crippen molar-refractivity contribution in [1.29, 1.82) is 0 Å². The number of allylic oxidation sites excluding steroid dienone is 8. The van der Waals surface area contributed by atoms with E-state index in [1.165, 1.54) is 135 Å². The predicted molar refractivity (Wildman–Crippen MR) is 449 cm³/mol. The molecule has 0 spiro atoms. The van der Waals surface area contributed by atoms with E-state index in [0.717, 1.165) is 208 Å². The Morgan fingerprint density at radius 2 is 0.884 bits per heavy atom. The van der Waals surface area contributed by atoms with E-state index < -0.39 is 0 Å². The number of aromatic nitrogens is 6. The fraction of sp³-hybridized carbons (Fsp3) is 0.615. The van der Waals surface area contributed by atoms with Crippen molar-refractivity contribution in [3.63, 3.8) is 0 Å². The van der Waals surface area contributed by atoms with Gasteiger partial charge in [-0.2, -0.15) is 10.2 Å². The van der Waals surface area contributed by atoms with Crippen molar-refractivity contribution in [2.24, 2.45) is 69.5 Å². The molecule has 6 heterocycles. The number of carbonyl (C=O) groups is 5. The van der Waals surface area contributed by atoms with Gasteiger partial charge in [0.25, 0.3) is 0 Å². The van der Waals surface area contributed by atoms with Gasteiger partial charge in [-0.1, -0.05) is 23.3 Å². The van der Waals surface area contributed by atoms with Crippen LogP contribution in [0.3, 0.4) is 0 Å². The van der Waals surface area contributed by atoms with Crippen LogP contribution in [-0.4, -0.2) is 134 Å². The van der Waals surface area contributed by atoms with E-state index in [2.05, 4.69) is 106 Å². The summed E-state index contributed by atoms with van der Waals surface area (Å²) in [7, 11) is 0. The first-order valence-corrected chi connectivity index (χ1v) is 43.8. The number of pyridine rings is 2. The van der Waals surface area contributed by atoms with Crippen molar-refractivity contribution in [2.75, 3.05) is 75.3 Å². The molecule has 14 fully saturated rings. The van der Waals surface area contributed by atoms with Crippen LogP contribution < -0.4 is 15.1 Å². The molecule has 4 aromatic heterocycles. The lowest BCUT2D eigenvalue weighted by Gasteiger charge is -2.57. The lowest BCUT2D eigenvalue weighted by molar-refractivity contribution is -0.116. The molecule has 2 aromatic carbocycles. The number of Topliss-reactive ketones (excluding diaryl/α,β-unsaturated/α-hetero) is 4. The molecule has 2 N–H and O–H groups in total. The van der Waals surface area contributed by atoms with E-state index in [-0.39, 0.29) is 41.6 Å². The van der Waals surface area contributed by atoms with Gasteiger partial charge in [0.1, 0.15) is 17.9 Å². The molecule has 2 saturated heterocycles. The molecular formula is C96H126N10O6. The highest BCUT2D eigenvalue weighted by atomic mass is 16.3. The summed E-state index contributed by atoms with van der Waals surface area (Å²) in [6.45, 7) is 26.0. The first kappa shape index (κ1) is 78.4. The first-order valence-electron chi connectivity index (χ1n) is 43.8. The predicted octanol–water partition coefficient (Wildman–Crippen LogP) is 19.3. The van der Waals surface area contributed by atoms with Gasteiger partial charge in [-0.25, -0.2) is 9.97 Å². The van der Waals surface area contributed by atoms with Crippen molar-refractivity contribution < 1.29 is 29.1 Å². The second-order valence-electron chi connectivity index (χ2n) is 38.9. The third-order valence-electron chi connectivity index (χ3n) is 29.6. The first-order chi connectivity index (χ1) is 54.0. The molecular weight excluding hydrogens is 1390 g/mol. The molecule has 0 radical (unpaired) electrons. The standard InChI is InChI=1S/C42H53N5O2.C30H35N5O2.C12H20O.C12H18O/c1-27(2)47-38-21-34(20-36(37(38)26-44-47)39(48)7-6-35-29(4)15-28(3)16-40(35)49)33-5-8-41(43-25-33)46-13-11-45(12-14-46)10-9-42-22-30-17-31(23-42)19-32(18-30)24-42;1-19(2)35-27-16-23(22-5-8-30(32-17-22)34-11-9-31-10-12-34)15-25(26(27)18-33-35)28(36)7-6-24-21(4)13-20(3)14-29(24)37;2*13-2-1-12-6-9-3-10(7-12)5-11(4-9)8-12/h5,8,15,20-21,25-27,30-32H,6-7,9-14,16-19,22-24H2,1-4H3;5,8,13,15-19,31H,6-7,9-12,14H2,1-4H3;9-11,13H,1-8H2;2,9-11H,1,3-8H2. The average Bonchev–Trinajstić information content (AvgIpc) is 1.27. The molecule has 0 amide bonds. The number of nitrogens with one attached hydrogen (secondary N) is 1. The Labute approximate surface area is 666 Å². The maximum absolute atomic E-state index is 13.8. The molecule has 596 valence electrons. The quantitative estimate of drug-likeness (QED) is 0.0511. The summed E-state index contributed by atoms with van der Waals surface area (Å²) in [5, 5.41) is 23.5. The lowest BCUT2D eigenvalue weighted by atomic mass is 9.49. The SMILES string of the molecule is CC1=CC(C)=C(CCC(=O)c2cc(-c3ccc(N4CCN(CCC56CC7CC(CC(C7)C5)C6)CC4)nc3)cc3c2cnn3C(C)C)C(=O)C1.CC1=CC(C)=C(CCC(=O)c2cc(-c3ccc(N4CCNCC4)nc3)cc3c2cnn3C(C)C)C(=O)C1.O=CCC12CC3CC(CC(C3)C1)C2.OCCC12CC3CC(CC(C3)C1)C2. The molecule has 2 aliphatic heterocycles. The number of hydrogen-bond acceptors (Lipinski definition) is 14. The van der Waals surface area contributed by atoms with Crippen LogP contribution >= 0.6 is 0 Å². The van der Waals surface area contributed by atoms with Crippen LogP contribution in [-0.2, 0) is 14.4 Å². The molecule has 12 bridgehead atoms. The highest BCUT2D eigenvalue weighted by molar-refractivity contribution is 6.11. The fourth-order valence-electron chi connectivity index (χ4n) is 25.6. The molecule has 0 unspecified atom stereocenters. The third kappa shape index (κ3) is 17.0. The van der Waals surface area contributed by atoms with Gasteiger partial charge in [0.2, 0.25) is 0 Å². The third-order valence-corrected chi connectivity index (χ3v) is 29.6. The Morgan fingerprint density at radius 3 is 1.24 bits per heavy atom. The van der Waals surface area contributed by atoms with Crippen molar-refractivity contribution in [3.8, 4) is 22.3 Å². The Morgan fingerprint density at radius 1 is 0.500 bits per heavy atom. The zero-order chi connectivity index (χ0) is 77.7. The fourth-order valence-corrected chi connectivity index (χ4v) is 25.6. The number of aliphatic hydroxyl groups excluding tert-OH is 1. The number of anilines is 2. The second-order valence-corrected chi connectivity index (χ2v) is 38.9.